The molecule has 0 radical (unpaired) electrons. The van der Waals surface area contributed by atoms with Crippen LogP contribution in [0.15, 0.2) is 71.8 Å². The van der Waals surface area contributed by atoms with Crippen molar-refractivity contribution in [2.45, 2.75) is 11.8 Å². The average Bonchev–Trinajstić information content (AvgIpc) is 3.00. The van der Waals surface area contributed by atoms with Crippen molar-refractivity contribution in [1.29, 1.82) is 0 Å². The largest absolute Gasteiger partial charge is 0.358 e. The first-order chi connectivity index (χ1) is 12.9. The zero-order chi connectivity index (χ0) is 19.0. The summed E-state index contributed by atoms with van der Waals surface area (Å²) in [5.41, 5.74) is 1.55. The second kappa shape index (κ2) is 6.68. The fraction of sp³-hybridized carbons (Fsp3) is 0.0526. The minimum Gasteiger partial charge on any atom is -0.358 e. The van der Waals surface area contributed by atoms with Gasteiger partial charge in [-0.15, -0.1) is 0 Å². The first-order valence-corrected chi connectivity index (χ1v) is 9.83. The van der Waals surface area contributed by atoms with Crippen molar-refractivity contribution in [3.8, 4) is 11.6 Å². The topological polar surface area (TPSA) is 74.1 Å². The lowest BCUT2D eigenvalue weighted by atomic mass is 10.2. The third-order valence-electron chi connectivity index (χ3n) is 3.91. The molecule has 0 aliphatic heterocycles. The molecule has 2 aromatic heterocycles. The molecule has 27 heavy (non-hydrogen) atoms. The molecule has 2 aromatic carbocycles. The van der Waals surface area contributed by atoms with Gasteiger partial charge in [-0.05, 0) is 37.3 Å². The molecule has 0 spiro atoms. The summed E-state index contributed by atoms with van der Waals surface area (Å²) in [7, 11) is -4.12. The number of pyridine rings is 1. The molecule has 0 aliphatic rings. The van der Waals surface area contributed by atoms with Crippen LogP contribution in [0.25, 0.3) is 16.6 Å². The summed E-state index contributed by atoms with van der Waals surface area (Å²) in [4.78, 5) is 4.18. The highest BCUT2D eigenvalue weighted by molar-refractivity contribution is 7.87. The second-order valence-corrected chi connectivity index (χ2v) is 7.84. The zero-order valence-corrected chi connectivity index (χ0v) is 15.8. The van der Waals surface area contributed by atoms with Gasteiger partial charge in [0.15, 0.2) is 0 Å². The first-order valence-electron chi connectivity index (χ1n) is 8.05. The Balaban J connectivity index is 1.80. The van der Waals surface area contributed by atoms with Crippen LogP contribution < -0.4 is 4.18 Å². The van der Waals surface area contributed by atoms with E-state index >= 15 is 0 Å². The smallest absolute Gasteiger partial charge is 0.342 e. The minimum absolute atomic E-state index is 0.00269. The van der Waals surface area contributed by atoms with Gasteiger partial charge in [0.05, 0.1) is 16.9 Å². The maximum absolute atomic E-state index is 12.9. The molecule has 0 aliphatic carbocycles. The van der Waals surface area contributed by atoms with E-state index in [4.69, 9.17) is 15.8 Å². The summed E-state index contributed by atoms with van der Waals surface area (Å²) in [6.45, 7) is 1.75. The van der Waals surface area contributed by atoms with Crippen molar-refractivity contribution < 1.29 is 12.6 Å². The van der Waals surface area contributed by atoms with E-state index in [1.807, 2.05) is 0 Å². The van der Waals surface area contributed by atoms with Crippen LogP contribution in [0.1, 0.15) is 5.69 Å². The van der Waals surface area contributed by atoms with E-state index in [0.717, 1.165) is 0 Å². The van der Waals surface area contributed by atoms with E-state index in [-0.39, 0.29) is 10.8 Å². The predicted molar refractivity (Wildman–Crippen MR) is 103 cm³/mol. The highest BCUT2D eigenvalue weighted by atomic mass is 35.5. The molecule has 6 nitrogen and oxygen atoms in total. The molecule has 0 amide bonds. The zero-order valence-electron chi connectivity index (χ0n) is 14.2. The van der Waals surface area contributed by atoms with Crippen molar-refractivity contribution in [1.82, 2.24) is 14.8 Å². The van der Waals surface area contributed by atoms with E-state index in [9.17, 15) is 8.42 Å². The molecule has 136 valence electrons. The van der Waals surface area contributed by atoms with Gasteiger partial charge in [-0.3, -0.25) is 4.98 Å². The third kappa shape index (κ3) is 3.39. The van der Waals surface area contributed by atoms with E-state index in [2.05, 4.69) is 10.1 Å². The number of hydrogen-bond acceptors (Lipinski definition) is 5. The van der Waals surface area contributed by atoms with Crippen LogP contribution in [0.4, 0.5) is 0 Å². The SMILES string of the molecule is Cc1cc(OS(=O)(=O)c2cccc3cccnc23)n(-c2cccc(Cl)c2)n1. The number of hydrogen-bond donors (Lipinski definition) is 0. The molecule has 8 heteroatoms. The number of rotatable bonds is 4. The lowest BCUT2D eigenvalue weighted by molar-refractivity contribution is 0.465. The van der Waals surface area contributed by atoms with Gasteiger partial charge in [0.2, 0.25) is 5.88 Å². The van der Waals surface area contributed by atoms with Crippen LogP contribution in [0.2, 0.25) is 5.02 Å². The fourth-order valence-electron chi connectivity index (χ4n) is 2.76. The van der Waals surface area contributed by atoms with Gasteiger partial charge >= 0.3 is 10.1 Å². The minimum atomic E-state index is -4.12. The van der Waals surface area contributed by atoms with E-state index in [1.165, 1.54) is 10.7 Å². The number of aromatic nitrogens is 3. The molecular weight excluding hydrogens is 386 g/mol. The van der Waals surface area contributed by atoms with E-state index in [1.54, 1.807) is 67.7 Å². The number of halogens is 1. The number of aryl methyl sites for hydroxylation is 1. The Bertz CT molecular complexity index is 1250. The summed E-state index contributed by atoms with van der Waals surface area (Å²) in [5.74, 6) is 0.0719. The summed E-state index contributed by atoms with van der Waals surface area (Å²) < 4.78 is 32.7. The summed E-state index contributed by atoms with van der Waals surface area (Å²) in [6.07, 6.45) is 1.54. The van der Waals surface area contributed by atoms with Gasteiger partial charge < -0.3 is 4.18 Å². The molecule has 0 fully saturated rings. The highest BCUT2D eigenvalue weighted by Crippen LogP contribution is 2.27. The molecule has 4 aromatic rings. The van der Waals surface area contributed by atoms with Gasteiger partial charge in [0.1, 0.15) is 4.90 Å². The van der Waals surface area contributed by atoms with Crippen molar-refractivity contribution >= 4 is 32.6 Å². The normalized spacial score (nSPS) is 11.6. The predicted octanol–water partition coefficient (Wildman–Crippen LogP) is 4.15. The maximum Gasteiger partial charge on any atom is 0.342 e. The van der Waals surface area contributed by atoms with Crippen LogP contribution in [-0.2, 0) is 10.1 Å². The maximum atomic E-state index is 12.9. The monoisotopic (exact) mass is 399 g/mol. The molecule has 0 N–H and O–H groups in total. The molecule has 0 bridgehead atoms. The van der Waals surface area contributed by atoms with Crippen molar-refractivity contribution in [2.75, 3.05) is 0 Å². The lowest BCUT2D eigenvalue weighted by Crippen LogP contribution is -2.13. The van der Waals surface area contributed by atoms with Gasteiger partial charge in [0, 0.05) is 22.7 Å². The Kier molecular flexibility index (Phi) is 4.33. The first kappa shape index (κ1) is 17.5. The summed E-state index contributed by atoms with van der Waals surface area (Å²) >= 11 is 6.04. The van der Waals surface area contributed by atoms with Gasteiger partial charge in [-0.1, -0.05) is 35.9 Å². The Morgan fingerprint density at radius 1 is 1.04 bits per heavy atom. The quantitative estimate of drug-likeness (QED) is 0.482. The second-order valence-electron chi connectivity index (χ2n) is 5.88. The average molecular weight is 400 g/mol. The number of benzene rings is 2. The summed E-state index contributed by atoms with van der Waals surface area (Å²) in [6, 6.07) is 16.9. The lowest BCUT2D eigenvalue weighted by Gasteiger charge is -2.11. The molecule has 4 rings (SSSR count). The molecule has 0 saturated heterocycles. The Hall–Kier alpha value is -2.90. The van der Waals surface area contributed by atoms with Crippen LogP contribution >= 0.6 is 11.6 Å². The van der Waals surface area contributed by atoms with Gasteiger partial charge in [0.25, 0.3) is 0 Å². The third-order valence-corrected chi connectivity index (χ3v) is 5.41. The molecule has 2 heterocycles. The summed E-state index contributed by atoms with van der Waals surface area (Å²) in [5, 5.41) is 5.53. The van der Waals surface area contributed by atoms with Crippen LogP contribution in [0.3, 0.4) is 0 Å². The molecule has 0 unspecified atom stereocenters. The van der Waals surface area contributed by atoms with Crippen molar-refractivity contribution in [3.63, 3.8) is 0 Å². The number of fused-ring (bicyclic) bond motifs is 1. The van der Waals surface area contributed by atoms with Crippen molar-refractivity contribution in [3.05, 3.63) is 77.6 Å². The molecular formula is C19H14ClN3O3S. The Morgan fingerprint density at radius 2 is 1.81 bits per heavy atom. The van der Waals surface area contributed by atoms with Gasteiger partial charge in [-0.25, -0.2) is 0 Å². The highest BCUT2D eigenvalue weighted by Gasteiger charge is 2.23. The Labute approximate surface area is 161 Å². The van der Waals surface area contributed by atoms with Gasteiger partial charge in [-0.2, -0.15) is 18.2 Å². The number of nitrogens with zero attached hydrogens (tertiary/aromatic N) is 3. The molecule has 0 atom stereocenters. The van der Waals surface area contributed by atoms with Crippen LogP contribution in [0.5, 0.6) is 5.88 Å². The van der Waals surface area contributed by atoms with Crippen LogP contribution in [-0.4, -0.2) is 23.2 Å². The fourth-order valence-corrected chi connectivity index (χ4v) is 4.03. The van der Waals surface area contributed by atoms with E-state index in [0.29, 0.717) is 27.3 Å². The van der Waals surface area contributed by atoms with Crippen LogP contribution in [0, 0.1) is 6.92 Å². The standard InChI is InChI=1S/C19H14ClN3O3S/c1-13-11-18(23(22-13)16-8-3-7-15(20)12-16)26-27(24,25)17-9-2-5-14-6-4-10-21-19(14)17/h2-12H,1H3. The Morgan fingerprint density at radius 3 is 2.63 bits per heavy atom. The van der Waals surface area contributed by atoms with E-state index < -0.39 is 10.1 Å². The molecule has 0 saturated carbocycles. The number of para-hydroxylation sites is 1. The van der Waals surface area contributed by atoms with Crippen molar-refractivity contribution in [2.24, 2.45) is 0 Å².